The summed E-state index contributed by atoms with van der Waals surface area (Å²) in [7, 11) is 0. The number of hydrogen-bond donors (Lipinski definition) is 1. The van der Waals surface area contributed by atoms with Crippen molar-refractivity contribution in [3.05, 3.63) is 58.3 Å². The molecule has 128 valence electrons. The second-order valence-corrected chi connectivity index (χ2v) is 7.50. The number of carbonyl (C=O) groups is 1. The molecule has 3 nitrogen and oxygen atoms in total. The summed E-state index contributed by atoms with van der Waals surface area (Å²) in [5, 5.41) is 5.23. The average molecular weight is 343 g/mol. The van der Waals surface area contributed by atoms with Crippen LogP contribution in [0, 0.1) is 0 Å². The van der Waals surface area contributed by atoms with E-state index >= 15 is 0 Å². The highest BCUT2D eigenvalue weighted by Gasteiger charge is 2.22. The van der Waals surface area contributed by atoms with Crippen LogP contribution in [0.4, 0.5) is 0 Å². The highest BCUT2D eigenvalue weighted by atomic mass is 32.1. The molecule has 1 aliphatic rings. The molecular weight excluding hydrogens is 316 g/mol. The number of amides is 1. The number of aryl methyl sites for hydroxylation is 1. The topological polar surface area (TPSA) is 32.3 Å². The van der Waals surface area contributed by atoms with E-state index in [-0.39, 0.29) is 5.91 Å². The Balaban J connectivity index is 1.50. The van der Waals surface area contributed by atoms with Crippen molar-refractivity contribution in [2.45, 2.75) is 38.1 Å². The third kappa shape index (κ3) is 5.18. The molecule has 1 aromatic carbocycles. The highest BCUT2D eigenvalue weighted by Crippen LogP contribution is 2.16. The lowest BCUT2D eigenvalue weighted by Gasteiger charge is -2.28. The van der Waals surface area contributed by atoms with Crippen LogP contribution < -0.4 is 5.32 Å². The van der Waals surface area contributed by atoms with Gasteiger partial charge in [0.05, 0.1) is 0 Å². The maximum absolute atomic E-state index is 12.2. The minimum absolute atomic E-state index is 0.167. The summed E-state index contributed by atoms with van der Waals surface area (Å²) in [4.78, 5) is 16.0. The van der Waals surface area contributed by atoms with Gasteiger partial charge in [0, 0.05) is 23.9 Å². The zero-order valence-electron chi connectivity index (χ0n) is 14.1. The molecular formula is C20H26N2OS. The predicted octanol–water partition coefficient (Wildman–Crippen LogP) is 3.50. The first-order valence-electron chi connectivity index (χ1n) is 8.88. The van der Waals surface area contributed by atoms with Gasteiger partial charge in [-0.2, -0.15) is 0 Å². The Bertz CT molecular complexity index is 606. The van der Waals surface area contributed by atoms with Gasteiger partial charge in [-0.1, -0.05) is 36.4 Å². The van der Waals surface area contributed by atoms with E-state index in [9.17, 15) is 4.79 Å². The molecule has 2 aromatic rings. The molecule has 2 heterocycles. The van der Waals surface area contributed by atoms with Crippen molar-refractivity contribution < 1.29 is 4.79 Å². The molecule has 1 fully saturated rings. The molecule has 1 amide bonds. The van der Waals surface area contributed by atoms with E-state index in [0.717, 1.165) is 32.5 Å². The molecule has 1 atom stereocenters. The molecule has 0 bridgehead atoms. The zero-order valence-corrected chi connectivity index (χ0v) is 14.9. The Morgan fingerprint density at radius 1 is 1.12 bits per heavy atom. The van der Waals surface area contributed by atoms with E-state index in [0.29, 0.717) is 12.5 Å². The lowest BCUT2D eigenvalue weighted by molar-refractivity contribution is -0.121. The quantitative estimate of drug-likeness (QED) is 0.796. The summed E-state index contributed by atoms with van der Waals surface area (Å²) in [6.45, 7) is 3.06. The van der Waals surface area contributed by atoms with Gasteiger partial charge in [0.1, 0.15) is 0 Å². The van der Waals surface area contributed by atoms with Crippen LogP contribution in [0.5, 0.6) is 0 Å². The monoisotopic (exact) mass is 342 g/mol. The maximum atomic E-state index is 12.2. The van der Waals surface area contributed by atoms with Crippen LogP contribution in [0.25, 0.3) is 0 Å². The molecule has 1 saturated heterocycles. The molecule has 0 radical (unpaired) electrons. The Kier molecular flexibility index (Phi) is 6.44. The molecule has 0 saturated carbocycles. The molecule has 0 aliphatic carbocycles. The molecule has 1 unspecified atom stereocenters. The van der Waals surface area contributed by atoms with E-state index < -0.39 is 0 Å². The normalized spacial score (nSPS) is 16.2. The Morgan fingerprint density at radius 3 is 2.62 bits per heavy atom. The van der Waals surface area contributed by atoms with Gasteiger partial charge in [-0.15, -0.1) is 11.3 Å². The van der Waals surface area contributed by atoms with E-state index in [4.69, 9.17) is 0 Å². The molecule has 1 N–H and O–H groups in total. The van der Waals surface area contributed by atoms with Crippen LogP contribution in [0.2, 0.25) is 0 Å². The predicted molar refractivity (Wildman–Crippen MR) is 100 cm³/mol. The van der Waals surface area contributed by atoms with E-state index in [2.05, 4.69) is 52.0 Å². The Labute approximate surface area is 148 Å². The van der Waals surface area contributed by atoms with Gasteiger partial charge in [0.25, 0.3) is 0 Å². The average Bonchev–Trinajstić information content (AvgIpc) is 3.31. The van der Waals surface area contributed by atoms with Gasteiger partial charge in [-0.05, 0) is 55.8 Å². The van der Waals surface area contributed by atoms with Crippen molar-refractivity contribution in [1.82, 2.24) is 10.2 Å². The largest absolute Gasteiger partial charge is 0.355 e. The van der Waals surface area contributed by atoms with Crippen molar-refractivity contribution in [2.24, 2.45) is 0 Å². The number of nitrogens with one attached hydrogen (secondary N) is 1. The SMILES string of the molecule is O=C(CCc1cccs1)NCC(Cc1ccccc1)N1CCCC1. The highest BCUT2D eigenvalue weighted by molar-refractivity contribution is 7.09. The maximum Gasteiger partial charge on any atom is 0.220 e. The third-order valence-corrected chi connectivity index (χ3v) is 5.62. The zero-order chi connectivity index (χ0) is 16.6. The second-order valence-electron chi connectivity index (χ2n) is 6.47. The fourth-order valence-electron chi connectivity index (χ4n) is 3.33. The van der Waals surface area contributed by atoms with Crippen molar-refractivity contribution >= 4 is 17.2 Å². The lowest BCUT2D eigenvalue weighted by atomic mass is 10.0. The molecule has 1 aliphatic heterocycles. The summed E-state index contributed by atoms with van der Waals surface area (Å²) in [6.07, 6.45) is 4.98. The summed E-state index contributed by atoms with van der Waals surface area (Å²) in [5.41, 5.74) is 1.35. The smallest absolute Gasteiger partial charge is 0.220 e. The molecule has 4 heteroatoms. The number of thiophene rings is 1. The van der Waals surface area contributed by atoms with Crippen molar-refractivity contribution in [1.29, 1.82) is 0 Å². The molecule has 0 spiro atoms. The Morgan fingerprint density at radius 2 is 1.92 bits per heavy atom. The van der Waals surface area contributed by atoms with E-state index in [1.54, 1.807) is 11.3 Å². The number of benzene rings is 1. The minimum atomic E-state index is 0.167. The fraction of sp³-hybridized carbons (Fsp3) is 0.450. The van der Waals surface area contributed by atoms with Gasteiger partial charge >= 0.3 is 0 Å². The molecule has 1 aromatic heterocycles. The van der Waals surface area contributed by atoms with E-state index in [1.165, 1.54) is 23.3 Å². The van der Waals surface area contributed by atoms with Crippen molar-refractivity contribution in [3.63, 3.8) is 0 Å². The molecule has 3 rings (SSSR count). The minimum Gasteiger partial charge on any atom is -0.355 e. The number of hydrogen-bond acceptors (Lipinski definition) is 3. The first-order chi connectivity index (χ1) is 11.8. The summed E-state index contributed by atoms with van der Waals surface area (Å²) >= 11 is 1.72. The summed E-state index contributed by atoms with van der Waals surface area (Å²) in [6, 6.07) is 15.2. The number of carbonyl (C=O) groups excluding carboxylic acids is 1. The first kappa shape index (κ1) is 17.2. The number of nitrogens with zero attached hydrogens (tertiary/aromatic N) is 1. The lowest BCUT2D eigenvalue weighted by Crippen LogP contribution is -2.44. The van der Waals surface area contributed by atoms with Crippen LogP contribution in [0.15, 0.2) is 47.8 Å². The van der Waals surface area contributed by atoms with E-state index in [1.807, 2.05) is 6.07 Å². The Hall–Kier alpha value is -1.65. The van der Waals surface area contributed by atoms with Crippen LogP contribution >= 0.6 is 11.3 Å². The van der Waals surface area contributed by atoms with Crippen LogP contribution in [0.3, 0.4) is 0 Å². The standard InChI is InChI=1S/C20H26N2OS/c23-20(11-10-19-9-6-14-24-19)21-16-18(22-12-4-5-13-22)15-17-7-2-1-3-8-17/h1-3,6-9,14,18H,4-5,10-13,15-16H2,(H,21,23). The van der Waals surface area contributed by atoms with Crippen molar-refractivity contribution in [3.8, 4) is 0 Å². The van der Waals surface area contributed by atoms with Crippen LogP contribution in [-0.4, -0.2) is 36.5 Å². The third-order valence-electron chi connectivity index (χ3n) is 4.68. The first-order valence-corrected chi connectivity index (χ1v) is 9.76. The van der Waals surface area contributed by atoms with Gasteiger partial charge in [0.15, 0.2) is 0 Å². The van der Waals surface area contributed by atoms with Crippen LogP contribution in [0.1, 0.15) is 29.7 Å². The summed E-state index contributed by atoms with van der Waals surface area (Å²) < 4.78 is 0. The van der Waals surface area contributed by atoms with Gasteiger partial charge in [0.2, 0.25) is 5.91 Å². The fourth-order valence-corrected chi connectivity index (χ4v) is 4.04. The van der Waals surface area contributed by atoms with Gasteiger partial charge in [-0.3, -0.25) is 9.69 Å². The number of rotatable bonds is 8. The van der Waals surface area contributed by atoms with Crippen LogP contribution in [-0.2, 0) is 17.6 Å². The van der Waals surface area contributed by atoms with Gasteiger partial charge < -0.3 is 5.32 Å². The summed E-state index contributed by atoms with van der Waals surface area (Å²) in [5.74, 6) is 0.167. The van der Waals surface area contributed by atoms with Crippen molar-refractivity contribution in [2.75, 3.05) is 19.6 Å². The molecule has 24 heavy (non-hydrogen) atoms. The number of likely N-dealkylation sites (tertiary alicyclic amines) is 1. The second kappa shape index (κ2) is 9.00. The van der Waals surface area contributed by atoms with Gasteiger partial charge in [-0.25, -0.2) is 0 Å².